The van der Waals surface area contributed by atoms with Gasteiger partial charge in [-0.3, -0.25) is 0 Å². The van der Waals surface area contributed by atoms with Gasteiger partial charge in [-0.05, 0) is 38.1 Å². The zero-order chi connectivity index (χ0) is 10.7. The van der Waals surface area contributed by atoms with E-state index in [-0.39, 0.29) is 6.04 Å². The first kappa shape index (κ1) is 10.1. The molecule has 1 N–H and O–H groups in total. The quantitative estimate of drug-likeness (QED) is 0.833. The van der Waals surface area contributed by atoms with E-state index >= 15 is 0 Å². The molecule has 1 unspecified atom stereocenters. The van der Waals surface area contributed by atoms with Crippen LogP contribution in [0.5, 0.6) is 0 Å². The van der Waals surface area contributed by atoms with Crippen LogP contribution in [0.25, 0.3) is 0 Å². The third kappa shape index (κ3) is 2.50. The van der Waals surface area contributed by atoms with Crippen molar-refractivity contribution in [2.45, 2.75) is 26.4 Å². The molecular formula is C12H15NO2. The normalized spacial score (nSPS) is 12.9. The fraction of sp³-hybridized carbons (Fsp3) is 0.333. The second-order valence-electron chi connectivity index (χ2n) is 3.63. The van der Waals surface area contributed by atoms with Gasteiger partial charge in [-0.25, -0.2) is 0 Å². The van der Waals surface area contributed by atoms with Crippen molar-refractivity contribution in [2.24, 2.45) is 0 Å². The van der Waals surface area contributed by atoms with E-state index in [1.165, 1.54) is 0 Å². The van der Waals surface area contributed by atoms with Crippen molar-refractivity contribution in [3.8, 4) is 0 Å². The van der Waals surface area contributed by atoms with E-state index in [1.54, 1.807) is 6.26 Å². The van der Waals surface area contributed by atoms with Crippen LogP contribution in [0.1, 0.15) is 30.2 Å². The monoisotopic (exact) mass is 205 g/mol. The van der Waals surface area contributed by atoms with Gasteiger partial charge in [0.25, 0.3) is 0 Å². The fourth-order valence-electron chi connectivity index (χ4n) is 1.45. The highest BCUT2D eigenvalue weighted by Gasteiger charge is 2.08. The number of nitrogens with one attached hydrogen (secondary N) is 1. The molecule has 2 rings (SSSR count). The minimum atomic E-state index is 0.198. The zero-order valence-electron chi connectivity index (χ0n) is 8.99. The number of hydrogen-bond acceptors (Lipinski definition) is 3. The van der Waals surface area contributed by atoms with E-state index in [4.69, 9.17) is 8.83 Å². The van der Waals surface area contributed by atoms with Crippen LogP contribution in [0, 0.1) is 6.92 Å². The Balaban J connectivity index is 1.90. The molecular weight excluding hydrogens is 190 g/mol. The molecule has 2 heterocycles. The maximum atomic E-state index is 5.52. The lowest BCUT2D eigenvalue weighted by Crippen LogP contribution is -2.17. The first-order valence-corrected chi connectivity index (χ1v) is 5.08. The second-order valence-corrected chi connectivity index (χ2v) is 3.63. The van der Waals surface area contributed by atoms with E-state index in [9.17, 15) is 0 Å². The second kappa shape index (κ2) is 4.36. The molecule has 0 aliphatic heterocycles. The van der Waals surface area contributed by atoms with Crippen molar-refractivity contribution < 1.29 is 8.83 Å². The minimum Gasteiger partial charge on any atom is -0.468 e. The van der Waals surface area contributed by atoms with Crippen LogP contribution in [0.2, 0.25) is 0 Å². The van der Waals surface area contributed by atoms with Gasteiger partial charge >= 0.3 is 0 Å². The average Bonchev–Trinajstić information content (AvgIpc) is 2.84. The van der Waals surface area contributed by atoms with Gasteiger partial charge in [-0.2, -0.15) is 0 Å². The molecule has 0 aromatic carbocycles. The van der Waals surface area contributed by atoms with Crippen molar-refractivity contribution in [1.29, 1.82) is 0 Å². The van der Waals surface area contributed by atoms with E-state index < -0.39 is 0 Å². The number of aryl methyl sites for hydroxylation is 1. The Kier molecular flexibility index (Phi) is 2.92. The lowest BCUT2D eigenvalue weighted by Gasteiger charge is -2.09. The average molecular weight is 205 g/mol. The summed E-state index contributed by atoms with van der Waals surface area (Å²) in [7, 11) is 0. The van der Waals surface area contributed by atoms with Gasteiger partial charge in [0, 0.05) is 0 Å². The number of rotatable bonds is 4. The summed E-state index contributed by atoms with van der Waals surface area (Å²) in [6.45, 7) is 4.73. The molecule has 0 amide bonds. The lowest BCUT2D eigenvalue weighted by molar-refractivity contribution is 0.397. The highest BCUT2D eigenvalue weighted by Crippen LogP contribution is 2.16. The molecule has 80 valence electrons. The van der Waals surface area contributed by atoms with Gasteiger partial charge in [-0.15, -0.1) is 0 Å². The molecule has 0 aliphatic carbocycles. The summed E-state index contributed by atoms with van der Waals surface area (Å²) in [6, 6.07) is 8.00. The van der Waals surface area contributed by atoms with Crippen LogP contribution >= 0.6 is 0 Å². The largest absolute Gasteiger partial charge is 0.468 e. The van der Waals surface area contributed by atoms with E-state index in [0.717, 1.165) is 17.3 Å². The van der Waals surface area contributed by atoms with Crippen LogP contribution in [-0.2, 0) is 6.54 Å². The number of hydrogen-bond donors (Lipinski definition) is 1. The molecule has 0 radical (unpaired) electrons. The van der Waals surface area contributed by atoms with Gasteiger partial charge in [0.15, 0.2) is 0 Å². The van der Waals surface area contributed by atoms with Crippen LogP contribution in [0.4, 0.5) is 0 Å². The topological polar surface area (TPSA) is 38.3 Å². The van der Waals surface area contributed by atoms with E-state index in [1.807, 2.05) is 31.2 Å². The molecule has 2 aromatic rings. The Morgan fingerprint density at radius 3 is 2.80 bits per heavy atom. The van der Waals surface area contributed by atoms with Crippen molar-refractivity contribution in [2.75, 3.05) is 0 Å². The summed E-state index contributed by atoms with van der Waals surface area (Å²) < 4.78 is 10.8. The molecule has 0 spiro atoms. The van der Waals surface area contributed by atoms with Crippen LogP contribution < -0.4 is 5.32 Å². The third-order valence-corrected chi connectivity index (χ3v) is 2.35. The minimum absolute atomic E-state index is 0.198. The molecule has 0 fully saturated rings. The van der Waals surface area contributed by atoms with Crippen LogP contribution in [0.15, 0.2) is 39.4 Å². The summed E-state index contributed by atoms with van der Waals surface area (Å²) in [5, 5.41) is 3.33. The molecule has 1 atom stereocenters. The molecule has 3 nitrogen and oxygen atoms in total. The first-order chi connectivity index (χ1) is 7.25. The first-order valence-electron chi connectivity index (χ1n) is 5.08. The van der Waals surface area contributed by atoms with Crippen LogP contribution in [-0.4, -0.2) is 0 Å². The summed E-state index contributed by atoms with van der Waals surface area (Å²) in [6.07, 6.45) is 1.68. The predicted octanol–water partition coefficient (Wildman–Crippen LogP) is 3.03. The highest BCUT2D eigenvalue weighted by atomic mass is 16.3. The summed E-state index contributed by atoms with van der Waals surface area (Å²) >= 11 is 0. The molecule has 15 heavy (non-hydrogen) atoms. The molecule has 3 heteroatoms. The van der Waals surface area contributed by atoms with E-state index in [0.29, 0.717) is 6.54 Å². The van der Waals surface area contributed by atoms with Gasteiger partial charge < -0.3 is 14.2 Å². The predicted molar refractivity (Wildman–Crippen MR) is 57.4 cm³/mol. The van der Waals surface area contributed by atoms with Gasteiger partial charge in [-0.1, -0.05) is 0 Å². The molecule has 2 aromatic heterocycles. The van der Waals surface area contributed by atoms with Gasteiger partial charge in [0.1, 0.15) is 17.3 Å². The molecule has 0 aliphatic rings. The van der Waals surface area contributed by atoms with Crippen molar-refractivity contribution in [3.63, 3.8) is 0 Å². The fourth-order valence-corrected chi connectivity index (χ4v) is 1.45. The molecule has 0 saturated heterocycles. The SMILES string of the molecule is Cc1ccc(C(C)NCc2ccco2)o1. The molecule has 0 saturated carbocycles. The summed E-state index contributed by atoms with van der Waals surface area (Å²) in [5.41, 5.74) is 0. The smallest absolute Gasteiger partial charge is 0.120 e. The summed E-state index contributed by atoms with van der Waals surface area (Å²) in [5.74, 6) is 2.83. The standard InChI is InChI=1S/C12H15NO2/c1-9-5-6-12(15-9)10(2)13-8-11-4-3-7-14-11/h3-7,10,13H,8H2,1-2H3. The van der Waals surface area contributed by atoms with E-state index in [2.05, 4.69) is 12.2 Å². The maximum Gasteiger partial charge on any atom is 0.120 e. The molecule has 0 bridgehead atoms. The Morgan fingerprint density at radius 1 is 1.33 bits per heavy atom. The Morgan fingerprint density at radius 2 is 2.20 bits per heavy atom. The Hall–Kier alpha value is -1.48. The van der Waals surface area contributed by atoms with Crippen LogP contribution in [0.3, 0.4) is 0 Å². The van der Waals surface area contributed by atoms with Crippen molar-refractivity contribution in [3.05, 3.63) is 47.8 Å². The zero-order valence-corrected chi connectivity index (χ0v) is 8.99. The summed E-state index contributed by atoms with van der Waals surface area (Å²) in [4.78, 5) is 0. The Labute approximate surface area is 89.1 Å². The highest BCUT2D eigenvalue weighted by molar-refractivity contribution is 5.09. The Bertz CT molecular complexity index is 403. The van der Waals surface area contributed by atoms with Crippen molar-refractivity contribution in [1.82, 2.24) is 5.32 Å². The van der Waals surface area contributed by atoms with Gasteiger partial charge in [0.05, 0.1) is 18.8 Å². The maximum absolute atomic E-state index is 5.52. The lowest BCUT2D eigenvalue weighted by atomic mass is 10.2. The third-order valence-electron chi connectivity index (χ3n) is 2.35. The van der Waals surface area contributed by atoms with Crippen molar-refractivity contribution >= 4 is 0 Å². The van der Waals surface area contributed by atoms with Gasteiger partial charge in [0.2, 0.25) is 0 Å². The number of furan rings is 2.